The molecule has 0 unspecified atom stereocenters. The van der Waals surface area contributed by atoms with E-state index in [1.807, 2.05) is 42.0 Å². The van der Waals surface area contributed by atoms with E-state index in [0.717, 1.165) is 44.5 Å². The summed E-state index contributed by atoms with van der Waals surface area (Å²) in [6, 6.07) is 3.90. The molecule has 0 aromatic carbocycles. The number of hydrogen-bond donors (Lipinski definition) is 0. The summed E-state index contributed by atoms with van der Waals surface area (Å²) in [7, 11) is 0. The molecule has 0 bridgehead atoms. The lowest BCUT2D eigenvalue weighted by molar-refractivity contribution is -0.146. The average Bonchev–Trinajstić information content (AvgIpc) is 2.64. The van der Waals surface area contributed by atoms with E-state index in [-0.39, 0.29) is 29.9 Å². The fraction of sp³-hybridized carbons (Fsp3) is 0.650. The van der Waals surface area contributed by atoms with Crippen LogP contribution in [0.1, 0.15) is 45.1 Å². The Morgan fingerprint density at radius 1 is 1.35 bits per heavy atom. The van der Waals surface area contributed by atoms with Crippen molar-refractivity contribution in [3.8, 4) is 0 Å². The molecule has 2 aliphatic rings. The number of pyridine rings is 1. The number of aromatic nitrogens is 1. The first-order valence-electron chi connectivity index (χ1n) is 9.53. The fourth-order valence-electron chi connectivity index (χ4n) is 4.04. The molecule has 1 aromatic heterocycles. The zero-order chi connectivity index (χ0) is 18.6. The van der Waals surface area contributed by atoms with Gasteiger partial charge < -0.3 is 14.5 Å². The predicted molar refractivity (Wildman–Crippen MR) is 98.2 cm³/mol. The molecule has 1 spiro atoms. The number of amides is 2. The van der Waals surface area contributed by atoms with Gasteiger partial charge in [0.25, 0.3) is 0 Å². The molecule has 3 rings (SSSR count). The zero-order valence-corrected chi connectivity index (χ0v) is 15.8. The van der Waals surface area contributed by atoms with Gasteiger partial charge in [-0.15, -0.1) is 0 Å². The molecule has 2 fully saturated rings. The first-order valence-corrected chi connectivity index (χ1v) is 9.53. The van der Waals surface area contributed by atoms with Crippen LogP contribution >= 0.6 is 0 Å². The van der Waals surface area contributed by atoms with E-state index >= 15 is 0 Å². The van der Waals surface area contributed by atoms with E-state index in [1.54, 1.807) is 6.20 Å². The summed E-state index contributed by atoms with van der Waals surface area (Å²) >= 11 is 0. The summed E-state index contributed by atoms with van der Waals surface area (Å²) in [5.41, 5.74) is 1.06. The Morgan fingerprint density at radius 3 is 2.92 bits per heavy atom. The Hall–Kier alpha value is -1.95. The van der Waals surface area contributed by atoms with Crippen LogP contribution in [0.15, 0.2) is 24.5 Å². The number of hydrogen-bond acceptors (Lipinski definition) is 4. The molecule has 6 nitrogen and oxygen atoms in total. The second-order valence-electron chi connectivity index (χ2n) is 7.89. The van der Waals surface area contributed by atoms with E-state index in [1.165, 1.54) is 0 Å². The Morgan fingerprint density at radius 2 is 2.19 bits per heavy atom. The van der Waals surface area contributed by atoms with Crippen molar-refractivity contribution in [3.63, 3.8) is 0 Å². The molecular formula is C20H29N3O3. The quantitative estimate of drug-likeness (QED) is 0.809. The Bertz CT molecular complexity index is 634. The van der Waals surface area contributed by atoms with Gasteiger partial charge in [-0.3, -0.25) is 14.6 Å². The molecule has 0 aliphatic carbocycles. The lowest BCUT2D eigenvalue weighted by Gasteiger charge is -2.48. The van der Waals surface area contributed by atoms with E-state index < -0.39 is 0 Å². The first kappa shape index (κ1) is 18.8. The molecule has 26 heavy (non-hydrogen) atoms. The maximum atomic E-state index is 12.5. The monoisotopic (exact) mass is 359 g/mol. The maximum absolute atomic E-state index is 12.5. The van der Waals surface area contributed by atoms with Crippen molar-refractivity contribution in [1.29, 1.82) is 0 Å². The average molecular weight is 359 g/mol. The van der Waals surface area contributed by atoms with Gasteiger partial charge in [-0.2, -0.15) is 0 Å². The highest BCUT2D eigenvalue weighted by Gasteiger charge is 2.42. The maximum Gasteiger partial charge on any atom is 0.248 e. The number of ether oxygens (including phenoxy) is 1. The van der Waals surface area contributed by atoms with Crippen molar-refractivity contribution >= 4 is 11.8 Å². The molecule has 1 atom stereocenters. The van der Waals surface area contributed by atoms with Crippen LogP contribution in [0, 0.1) is 5.41 Å². The summed E-state index contributed by atoms with van der Waals surface area (Å²) < 4.78 is 5.49. The minimum Gasteiger partial charge on any atom is -0.369 e. The minimum absolute atomic E-state index is 0.0157. The van der Waals surface area contributed by atoms with Gasteiger partial charge in [0.15, 0.2) is 0 Å². The molecule has 2 amide bonds. The largest absolute Gasteiger partial charge is 0.369 e. The number of carbonyl (C=O) groups excluding carboxylic acids is 2. The van der Waals surface area contributed by atoms with Gasteiger partial charge >= 0.3 is 0 Å². The van der Waals surface area contributed by atoms with E-state index in [0.29, 0.717) is 13.0 Å². The summed E-state index contributed by atoms with van der Waals surface area (Å²) in [6.45, 7) is 6.85. The van der Waals surface area contributed by atoms with Gasteiger partial charge in [-0.25, -0.2) is 0 Å². The summed E-state index contributed by atoms with van der Waals surface area (Å²) in [5, 5.41) is 0. The lowest BCUT2D eigenvalue weighted by Crippen LogP contribution is -2.55. The van der Waals surface area contributed by atoms with Gasteiger partial charge in [0.2, 0.25) is 11.8 Å². The minimum atomic E-state index is 0.0157. The van der Waals surface area contributed by atoms with Gasteiger partial charge in [0.05, 0.1) is 6.10 Å². The van der Waals surface area contributed by atoms with E-state index in [4.69, 9.17) is 4.74 Å². The van der Waals surface area contributed by atoms with Gasteiger partial charge in [-0.1, -0.05) is 6.07 Å². The molecule has 1 aromatic rings. The Kier molecular flexibility index (Phi) is 5.91. The van der Waals surface area contributed by atoms with Crippen LogP contribution in [0.4, 0.5) is 0 Å². The van der Waals surface area contributed by atoms with Crippen LogP contribution in [-0.2, 0) is 20.9 Å². The molecule has 0 N–H and O–H groups in total. The van der Waals surface area contributed by atoms with Crippen LogP contribution in [0.3, 0.4) is 0 Å². The third-order valence-electron chi connectivity index (χ3n) is 5.40. The van der Waals surface area contributed by atoms with Crippen LogP contribution < -0.4 is 0 Å². The van der Waals surface area contributed by atoms with Crippen molar-refractivity contribution in [2.45, 2.75) is 52.2 Å². The molecule has 0 radical (unpaired) electrons. The molecular weight excluding hydrogens is 330 g/mol. The third kappa shape index (κ3) is 4.61. The van der Waals surface area contributed by atoms with Crippen molar-refractivity contribution in [2.24, 2.45) is 5.41 Å². The van der Waals surface area contributed by atoms with Crippen LogP contribution in [-0.4, -0.2) is 58.9 Å². The van der Waals surface area contributed by atoms with Gasteiger partial charge in [-0.05, 0) is 44.7 Å². The molecule has 0 saturated carbocycles. The van der Waals surface area contributed by atoms with Crippen molar-refractivity contribution in [2.75, 3.05) is 26.2 Å². The number of nitrogens with zero attached hydrogens (tertiary/aromatic N) is 3. The topological polar surface area (TPSA) is 62.7 Å². The highest BCUT2D eigenvalue weighted by molar-refractivity contribution is 5.78. The van der Waals surface area contributed by atoms with Crippen LogP contribution in [0.25, 0.3) is 0 Å². The van der Waals surface area contributed by atoms with Crippen molar-refractivity contribution in [3.05, 3.63) is 30.1 Å². The normalized spacial score (nSPS) is 23.7. The molecule has 2 saturated heterocycles. The van der Waals surface area contributed by atoms with E-state index in [9.17, 15) is 9.59 Å². The van der Waals surface area contributed by atoms with Gasteiger partial charge in [0.1, 0.15) is 6.61 Å². The summed E-state index contributed by atoms with van der Waals surface area (Å²) in [6.07, 6.45) is 7.09. The lowest BCUT2D eigenvalue weighted by atomic mass is 9.73. The molecule has 6 heteroatoms. The van der Waals surface area contributed by atoms with Crippen molar-refractivity contribution in [1.82, 2.24) is 14.8 Å². The Balaban J connectivity index is 1.64. The second-order valence-corrected chi connectivity index (χ2v) is 7.89. The second kappa shape index (κ2) is 8.16. The number of rotatable bonds is 5. The molecule has 2 aliphatic heterocycles. The van der Waals surface area contributed by atoms with Gasteiger partial charge in [0, 0.05) is 50.4 Å². The highest BCUT2D eigenvalue weighted by Crippen LogP contribution is 2.39. The molecule has 3 heterocycles. The third-order valence-corrected chi connectivity index (χ3v) is 5.40. The van der Waals surface area contributed by atoms with E-state index in [2.05, 4.69) is 4.98 Å². The summed E-state index contributed by atoms with van der Waals surface area (Å²) in [4.78, 5) is 32.9. The Labute approximate surface area is 155 Å². The van der Waals surface area contributed by atoms with Crippen LogP contribution in [0.5, 0.6) is 0 Å². The molecule has 142 valence electrons. The number of carbonyl (C=O) groups is 2. The first-order chi connectivity index (χ1) is 12.5. The smallest absolute Gasteiger partial charge is 0.248 e. The highest BCUT2D eigenvalue weighted by atomic mass is 16.5. The number of piperidine rings is 2. The fourth-order valence-corrected chi connectivity index (χ4v) is 4.04. The predicted octanol–water partition coefficient (Wildman–Crippen LogP) is 2.24. The SMILES string of the molecule is CC(C)OCC(=O)N1CCC[C@@]2(CCC(=O)N(Cc3cccnc3)C2)C1. The standard InChI is InChI=1S/C20H29N3O3/c1-16(2)26-13-19(25)22-10-4-7-20(14-22)8-6-18(24)23(15-20)12-17-5-3-9-21-11-17/h3,5,9,11,16H,4,6-8,10,12-15H2,1-2H3/t20-/m1/s1. The van der Waals surface area contributed by atoms with Crippen LogP contribution in [0.2, 0.25) is 0 Å². The number of likely N-dealkylation sites (tertiary alicyclic amines) is 2. The van der Waals surface area contributed by atoms with Crippen molar-refractivity contribution < 1.29 is 14.3 Å². The zero-order valence-electron chi connectivity index (χ0n) is 15.8. The summed E-state index contributed by atoms with van der Waals surface area (Å²) in [5.74, 6) is 0.263.